The highest BCUT2D eigenvalue weighted by Gasteiger charge is 2.37. The van der Waals surface area contributed by atoms with Crippen LogP contribution in [0, 0.1) is 6.92 Å². The Labute approximate surface area is 91.3 Å². The summed E-state index contributed by atoms with van der Waals surface area (Å²) >= 11 is 0. The standard InChI is InChI=1S/C13H19NO/c1-10-4-3-5-12(8-10)9-13(15)6-7-14-11(13)2/h3-5,8,11,14-15H,6-7,9H2,1-2H3. The Balaban J connectivity index is 2.14. The summed E-state index contributed by atoms with van der Waals surface area (Å²) in [6.07, 6.45) is 1.60. The number of nitrogens with one attached hydrogen (secondary N) is 1. The van der Waals surface area contributed by atoms with Gasteiger partial charge in [0.05, 0.1) is 5.60 Å². The zero-order valence-electron chi connectivity index (χ0n) is 9.46. The summed E-state index contributed by atoms with van der Waals surface area (Å²) in [6, 6.07) is 8.59. The van der Waals surface area contributed by atoms with Crippen molar-refractivity contribution in [1.29, 1.82) is 0 Å². The van der Waals surface area contributed by atoms with E-state index < -0.39 is 5.60 Å². The van der Waals surface area contributed by atoms with Gasteiger partial charge in [0.25, 0.3) is 0 Å². The molecule has 1 aliphatic heterocycles. The summed E-state index contributed by atoms with van der Waals surface area (Å²) in [5.41, 5.74) is 1.93. The second kappa shape index (κ2) is 3.95. The molecule has 0 aliphatic carbocycles. The Morgan fingerprint density at radius 2 is 2.33 bits per heavy atom. The maximum atomic E-state index is 10.4. The van der Waals surface area contributed by atoms with Gasteiger partial charge in [-0.2, -0.15) is 0 Å². The molecule has 0 amide bonds. The Kier molecular flexibility index (Phi) is 2.81. The number of aliphatic hydroxyl groups is 1. The average molecular weight is 205 g/mol. The molecule has 0 saturated carbocycles. The normalized spacial score (nSPS) is 30.7. The van der Waals surface area contributed by atoms with Crippen LogP contribution in [0.3, 0.4) is 0 Å². The van der Waals surface area contributed by atoms with Crippen LogP contribution in [0.1, 0.15) is 24.5 Å². The maximum absolute atomic E-state index is 10.4. The molecule has 1 aliphatic rings. The van der Waals surface area contributed by atoms with Crippen molar-refractivity contribution in [2.45, 2.75) is 38.3 Å². The van der Waals surface area contributed by atoms with Crippen LogP contribution in [-0.2, 0) is 6.42 Å². The molecule has 2 nitrogen and oxygen atoms in total. The Morgan fingerprint density at radius 3 is 2.93 bits per heavy atom. The van der Waals surface area contributed by atoms with Crippen molar-refractivity contribution in [2.75, 3.05) is 6.54 Å². The van der Waals surface area contributed by atoms with Crippen molar-refractivity contribution in [2.24, 2.45) is 0 Å². The monoisotopic (exact) mass is 205 g/mol. The number of hydrogen-bond acceptors (Lipinski definition) is 2. The average Bonchev–Trinajstić information content (AvgIpc) is 2.47. The summed E-state index contributed by atoms with van der Waals surface area (Å²) in [4.78, 5) is 0. The molecule has 2 N–H and O–H groups in total. The molecule has 82 valence electrons. The molecule has 0 aromatic heterocycles. The topological polar surface area (TPSA) is 32.3 Å². The quantitative estimate of drug-likeness (QED) is 0.769. The van der Waals surface area contributed by atoms with Gasteiger partial charge in [-0.15, -0.1) is 0 Å². The van der Waals surface area contributed by atoms with E-state index in [9.17, 15) is 5.11 Å². The van der Waals surface area contributed by atoms with Gasteiger partial charge in [-0.1, -0.05) is 29.8 Å². The van der Waals surface area contributed by atoms with E-state index in [1.807, 2.05) is 0 Å². The largest absolute Gasteiger partial charge is 0.388 e. The first-order valence-electron chi connectivity index (χ1n) is 5.61. The van der Waals surface area contributed by atoms with Crippen molar-refractivity contribution < 1.29 is 5.11 Å². The second-order valence-corrected chi connectivity index (χ2v) is 4.70. The number of hydrogen-bond donors (Lipinski definition) is 2. The van der Waals surface area contributed by atoms with E-state index in [2.05, 4.69) is 43.4 Å². The summed E-state index contributed by atoms with van der Waals surface area (Å²) in [5.74, 6) is 0. The van der Waals surface area contributed by atoms with Gasteiger partial charge >= 0.3 is 0 Å². The van der Waals surface area contributed by atoms with Crippen molar-refractivity contribution in [3.8, 4) is 0 Å². The molecular weight excluding hydrogens is 186 g/mol. The molecule has 2 rings (SSSR count). The predicted molar refractivity (Wildman–Crippen MR) is 61.9 cm³/mol. The smallest absolute Gasteiger partial charge is 0.0849 e. The lowest BCUT2D eigenvalue weighted by Crippen LogP contribution is -2.42. The van der Waals surface area contributed by atoms with Crippen LogP contribution in [0.15, 0.2) is 24.3 Å². The zero-order chi connectivity index (χ0) is 10.9. The van der Waals surface area contributed by atoms with Crippen molar-refractivity contribution in [1.82, 2.24) is 5.32 Å². The van der Waals surface area contributed by atoms with Crippen LogP contribution in [-0.4, -0.2) is 23.3 Å². The lowest BCUT2D eigenvalue weighted by atomic mass is 9.88. The van der Waals surface area contributed by atoms with Crippen molar-refractivity contribution >= 4 is 0 Å². The molecular formula is C13H19NO. The van der Waals surface area contributed by atoms with Gasteiger partial charge < -0.3 is 10.4 Å². The van der Waals surface area contributed by atoms with Gasteiger partial charge in [0.15, 0.2) is 0 Å². The molecule has 2 unspecified atom stereocenters. The maximum Gasteiger partial charge on any atom is 0.0849 e. The highest BCUT2D eigenvalue weighted by Crippen LogP contribution is 2.25. The van der Waals surface area contributed by atoms with E-state index in [4.69, 9.17) is 0 Å². The minimum atomic E-state index is -0.562. The SMILES string of the molecule is Cc1cccc(CC2(O)CCNC2C)c1. The molecule has 0 radical (unpaired) electrons. The van der Waals surface area contributed by atoms with Crippen molar-refractivity contribution in [3.05, 3.63) is 35.4 Å². The van der Waals surface area contributed by atoms with E-state index in [0.717, 1.165) is 19.4 Å². The Bertz CT molecular complexity index is 350. The first-order valence-corrected chi connectivity index (χ1v) is 5.61. The highest BCUT2D eigenvalue weighted by molar-refractivity contribution is 5.24. The summed E-state index contributed by atoms with van der Waals surface area (Å²) in [7, 11) is 0. The molecule has 0 spiro atoms. The molecule has 2 atom stereocenters. The van der Waals surface area contributed by atoms with E-state index in [1.54, 1.807) is 0 Å². The number of rotatable bonds is 2. The van der Waals surface area contributed by atoms with Crippen molar-refractivity contribution in [3.63, 3.8) is 0 Å². The molecule has 15 heavy (non-hydrogen) atoms. The summed E-state index contributed by atoms with van der Waals surface area (Å²) in [5, 5.41) is 13.7. The van der Waals surface area contributed by atoms with Gasteiger partial charge in [0.2, 0.25) is 0 Å². The van der Waals surface area contributed by atoms with Crippen LogP contribution < -0.4 is 5.32 Å². The number of aryl methyl sites for hydroxylation is 1. The second-order valence-electron chi connectivity index (χ2n) is 4.70. The summed E-state index contributed by atoms with van der Waals surface area (Å²) < 4.78 is 0. The minimum absolute atomic E-state index is 0.193. The van der Waals surface area contributed by atoms with Crippen LogP contribution in [0.25, 0.3) is 0 Å². The van der Waals surface area contributed by atoms with Gasteiger partial charge in [-0.05, 0) is 32.4 Å². The third-order valence-corrected chi connectivity index (χ3v) is 3.41. The molecule has 0 bridgehead atoms. The summed E-state index contributed by atoms with van der Waals surface area (Å²) in [6.45, 7) is 5.07. The lowest BCUT2D eigenvalue weighted by molar-refractivity contribution is 0.0335. The lowest BCUT2D eigenvalue weighted by Gasteiger charge is -2.27. The molecule has 2 heteroatoms. The fourth-order valence-electron chi connectivity index (χ4n) is 2.33. The van der Waals surface area contributed by atoms with Crippen LogP contribution in [0.5, 0.6) is 0 Å². The molecule has 1 fully saturated rings. The predicted octanol–water partition coefficient (Wildman–Crippen LogP) is 1.65. The van der Waals surface area contributed by atoms with Crippen LogP contribution in [0.4, 0.5) is 0 Å². The molecule has 1 saturated heterocycles. The minimum Gasteiger partial charge on any atom is -0.388 e. The fourth-order valence-corrected chi connectivity index (χ4v) is 2.33. The first-order chi connectivity index (χ1) is 7.10. The first kappa shape index (κ1) is 10.7. The van der Waals surface area contributed by atoms with Gasteiger partial charge in [-0.25, -0.2) is 0 Å². The van der Waals surface area contributed by atoms with Gasteiger partial charge in [0.1, 0.15) is 0 Å². The highest BCUT2D eigenvalue weighted by atomic mass is 16.3. The molecule has 1 aromatic rings. The third-order valence-electron chi connectivity index (χ3n) is 3.41. The Morgan fingerprint density at radius 1 is 1.53 bits per heavy atom. The van der Waals surface area contributed by atoms with Crippen LogP contribution in [0.2, 0.25) is 0 Å². The third kappa shape index (κ3) is 2.21. The van der Waals surface area contributed by atoms with E-state index in [0.29, 0.717) is 0 Å². The zero-order valence-corrected chi connectivity index (χ0v) is 9.46. The molecule has 1 heterocycles. The van der Waals surface area contributed by atoms with Crippen LogP contribution >= 0.6 is 0 Å². The van der Waals surface area contributed by atoms with Gasteiger partial charge in [0, 0.05) is 12.5 Å². The molecule has 1 aromatic carbocycles. The van der Waals surface area contributed by atoms with E-state index in [1.165, 1.54) is 11.1 Å². The van der Waals surface area contributed by atoms with E-state index in [-0.39, 0.29) is 6.04 Å². The van der Waals surface area contributed by atoms with E-state index >= 15 is 0 Å². The number of benzene rings is 1. The van der Waals surface area contributed by atoms with Gasteiger partial charge in [-0.3, -0.25) is 0 Å². The Hall–Kier alpha value is -0.860. The fraction of sp³-hybridized carbons (Fsp3) is 0.538.